The van der Waals surface area contributed by atoms with E-state index in [0.717, 1.165) is 11.8 Å². The summed E-state index contributed by atoms with van der Waals surface area (Å²) in [6.07, 6.45) is -3.01. The zero-order valence-corrected chi connectivity index (χ0v) is 10.6. The van der Waals surface area contributed by atoms with Crippen LogP contribution in [0.2, 0.25) is 0 Å². The molecule has 0 saturated carbocycles. The van der Waals surface area contributed by atoms with Gasteiger partial charge in [0.15, 0.2) is 17.1 Å². The van der Waals surface area contributed by atoms with E-state index in [0.29, 0.717) is 24.1 Å². The second-order valence-corrected chi connectivity index (χ2v) is 4.95. The molecule has 1 aliphatic rings. The molecule has 2 N–H and O–H groups in total. The van der Waals surface area contributed by atoms with Crippen molar-refractivity contribution in [3.63, 3.8) is 0 Å². The predicted octanol–water partition coefficient (Wildman–Crippen LogP) is 2.30. The first kappa shape index (κ1) is 13.2. The molecule has 108 valence electrons. The Morgan fingerprint density at radius 1 is 1.45 bits per heavy atom. The predicted molar refractivity (Wildman–Crippen MR) is 60.8 cm³/mol. The molecule has 3 rings (SSSR count). The van der Waals surface area contributed by atoms with Gasteiger partial charge >= 0.3 is 6.18 Å². The van der Waals surface area contributed by atoms with E-state index in [4.69, 9.17) is 4.52 Å². The van der Waals surface area contributed by atoms with Gasteiger partial charge < -0.3 is 9.63 Å². The summed E-state index contributed by atoms with van der Waals surface area (Å²) in [6, 6.07) is 0.752. The van der Waals surface area contributed by atoms with Gasteiger partial charge in [0.2, 0.25) is 0 Å². The van der Waals surface area contributed by atoms with Gasteiger partial charge in [-0.1, -0.05) is 5.16 Å². The van der Waals surface area contributed by atoms with E-state index in [-0.39, 0.29) is 12.2 Å². The van der Waals surface area contributed by atoms with Crippen molar-refractivity contribution in [2.45, 2.75) is 38.0 Å². The summed E-state index contributed by atoms with van der Waals surface area (Å²) >= 11 is 0. The first-order valence-corrected chi connectivity index (χ1v) is 6.13. The molecule has 2 aromatic heterocycles. The summed E-state index contributed by atoms with van der Waals surface area (Å²) in [7, 11) is 0. The van der Waals surface area contributed by atoms with Gasteiger partial charge in [-0.2, -0.15) is 18.3 Å². The minimum Gasteiger partial charge on any atom is -0.377 e. The molecule has 1 unspecified atom stereocenters. The van der Waals surface area contributed by atoms with Crippen molar-refractivity contribution in [3.8, 4) is 0 Å². The SMILES string of the molecule is Cc1n[nH]c2c1C(O)(c1cc(C(F)(F)F)no1)CCC2. The van der Waals surface area contributed by atoms with Crippen LogP contribution >= 0.6 is 0 Å². The third kappa shape index (κ3) is 1.82. The van der Waals surface area contributed by atoms with Crippen molar-refractivity contribution >= 4 is 0 Å². The number of aromatic amines is 1. The maximum Gasteiger partial charge on any atom is 0.436 e. The van der Waals surface area contributed by atoms with Crippen molar-refractivity contribution in [1.29, 1.82) is 0 Å². The molecular weight excluding hydrogens is 275 g/mol. The molecule has 0 fully saturated rings. The molecule has 0 radical (unpaired) electrons. The van der Waals surface area contributed by atoms with Crippen LogP contribution in [0.1, 0.15) is 41.2 Å². The van der Waals surface area contributed by atoms with Gasteiger partial charge in [-0.05, 0) is 26.2 Å². The van der Waals surface area contributed by atoms with Gasteiger partial charge in [-0.25, -0.2) is 0 Å². The second kappa shape index (κ2) is 4.08. The standard InChI is InChI=1S/C12H12F3N3O2/c1-6-10-7(17-16-6)3-2-4-11(10,19)9-5-8(18-20-9)12(13,14)15/h5,19H,2-4H2,1H3,(H,16,17). The smallest absolute Gasteiger partial charge is 0.377 e. The lowest BCUT2D eigenvalue weighted by atomic mass is 9.79. The molecule has 5 nitrogen and oxygen atoms in total. The Labute approximate surface area is 111 Å². The number of nitrogens with zero attached hydrogens (tertiary/aromatic N) is 2. The first-order valence-electron chi connectivity index (χ1n) is 6.13. The Bertz CT molecular complexity index is 647. The van der Waals surface area contributed by atoms with Crippen molar-refractivity contribution < 1.29 is 22.8 Å². The monoisotopic (exact) mass is 287 g/mol. The third-order valence-electron chi connectivity index (χ3n) is 3.61. The lowest BCUT2D eigenvalue weighted by Gasteiger charge is -2.30. The van der Waals surface area contributed by atoms with E-state index in [1.165, 1.54) is 0 Å². The van der Waals surface area contributed by atoms with Crippen molar-refractivity contribution in [2.24, 2.45) is 0 Å². The van der Waals surface area contributed by atoms with Crippen molar-refractivity contribution in [3.05, 3.63) is 34.5 Å². The highest BCUT2D eigenvalue weighted by Gasteiger charge is 2.45. The van der Waals surface area contributed by atoms with E-state index in [1.807, 2.05) is 0 Å². The highest BCUT2D eigenvalue weighted by Crippen LogP contribution is 2.42. The number of alkyl halides is 3. The Morgan fingerprint density at radius 3 is 2.85 bits per heavy atom. The van der Waals surface area contributed by atoms with Gasteiger partial charge in [0.05, 0.1) is 5.69 Å². The Balaban J connectivity index is 2.10. The average Bonchev–Trinajstić information content (AvgIpc) is 2.96. The Hall–Kier alpha value is -1.83. The topological polar surface area (TPSA) is 74.9 Å². The van der Waals surface area contributed by atoms with Gasteiger partial charge in [0.25, 0.3) is 0 Å². The number of halogens is 3. The van der Waals surface area contributed by atoms with E-state index in [1.54, 1.807) is 6.92 Å². The van der Waals surface area contributed by atoms with Crippen LogP contribution < -0.4 is 0 Å². The molecule has 0 saturated heterocycles. The van der Waals surface area contributed by atoms with Gasteiger partial charge in [-0.3, -0.25) is 5.10 Å². The maximum atomic E-state index is 12.6. The molecule has 0 spiro atoms. The maximum absolute atomic E-state index is 12.6. The molecule has 1 aliphatic carbocycles. The van der Waals surface area contributed by atoms with Crippen LogP contribution in [0.3, 0.4) is 0 Å². The quantitative estimate of drug-likeness (QED) is 0.844. The van der Waals surface area contributed by atoms with Crippen LogP contribution in [-0.4, -0.2) is 20.5 Å². The number of rotatable bonds is 1. The van der Waals surface area contributed by atoms with E-state index < -0.39 is 17.5 Å². The zero-order chi connectivity index (χ0) is 14.5. The van der Waals surface area contributed by atoms with Gasteiger partial charge in [0.1, 0.15) is 0 Å². The second-order valence-electron chi connectivity index (χ2n) is 4.95. The third-order valence-corrected chi connectivity index (χ3v) is 3.61. The first-order chi connectivity index (χ1) is 9.32. The summed E-state index contributed by atoms with van der Waals surface area (Å²) in [5, 5.41) is 20.6. The number of aliphatic hydroxyl groups is 1. The average molecular weight is 287 g/mol. The van der Waals surface area contributed by atoms with Crippen LogP contribution in [0.5, 0.6) is 0 Å². The molecule has 0 bridgehead atoms. The molecule has 8 heteroatoms. The van der Waals surface area contributed by atoms with Crippen LogP contribution in [0.25, 0.3) is 0 Å². The molecule has 0 aromatic carbocycles. The molecule has 20 heavy (non-hydrogen) atoms. The normalized spacial score (nSPS) is 22.9. The fraction of sp³-hybridized carbons (Fsp3) is 0.500. The number of H-pyrrole nitrogens is 1. The van der Waals surface area contributed by atoms with E-state index >= 15 is 0 Å². The van der Waals surface area contributed by atoms with Crippen LogP contribution in [0.4, 0.5) is 13.2 Å². The fourth-order valence-electron chi connectivity index (χ4n) is 2.71. The Morgan fingerprint density at radius 2 is 2.20 bits per heavy atom. The molecule has 0 amide bonds. The zero-order valence-electron chi connectivity index (χ0n) is 10.6. The van der Waals surface area contributed by atoms with Gasteiger partial charge in [-0.15, -0.1) is 0 Å². The molecule has 2 aromatic rings. The lowest BCUT2D eigenvalue weighted by Crippen LogP contribution is -2.31. The minimum atomic E-state index is -4.60. The summed E-state index contributed by atoms with van der Waals surface area (Å²) in [4.78, 5) is 0. The summed E-state index contributed by atoms with van der Waals surface area (Å²) in [6.45, 7) is 1.69. The highest BCUT2D eigenvalue weighted by atomic mass is 19.4. The van der Waals surface area contributed by atoms with E-state index in [9.17, 15) is 18.3 Å². The number of hydrogen-bond donors (Lipinski definition) is 2. The highest BCUT2D eigenvalue weighted by molar-refractivity contribution is 5.39. The molecule has 1 atom stereocenters. The van der Waals surface area contributed by atoms with Crippen molar-refractivity contribution in [2.75, 3.05) is 0 Å². The van der Waals surface area contributed by atoms with Crippen molar-refractivity contribution in [1.82, 2.24) is 15.4 Å². The summed E-state index contributed by atoms with van der Waals surface area (Å²) in [5.41, 5.74) is -0.988. The fourth-order valence-corrected chi connectivity index (χ4v) is 2.71. The number of fused-ring (bicyclic) bond motifs is 1. The molecule has 0 aliphatic heterocycles. The van der Waals surface area contributed by atoms with Gasteiger partial charge in [0, 0.05) is 17.3 Å². The largest absolute Gasteiger partial charge is 0.436 e. The molecular formula is C12H12F3N3O2. The Kier molecular flexibility index (Phi) is 2.69. The number of nitrogens with one attached hydrogen (secondary N) is 1. The summed E-state index contributed by atoms with van der Waals surface area (Å²) < 4.78 is 42.5. The number of aryl methyl sites for hydroxylation is 2. The number of hydrogen-bond acceptors (Lipinski definition) is 4. The number of aromatic nitrogens is 3. The lowest BCUT2D eigenvalue weighted by molar-refractivity contribution is -0.142. The van der Waals surface area contributed by atoms with Crippen LogP contribution in [0, 0.1) is 6.92 Å². The van der Waals surface area contributed by atoms with E-state index in [2.05, 4.69) is 15.4 Å². The van der Waals surface area contributed by atoms with Crippen LogP contribution in [-0.2, 0) is 18.2 Å². The minimum absolute atomic E-state index is 0.199. The summed E-state index contributed by atoms with van der Waals surface area (Å²) in [5.74, 6) is -0.199. The molecule has 2 heterocycles. The van der Waals surface area contributed by atoms with Crippen LogP contribution in [0.15, 0.2) is 10.6 Å².